The molecule has 10 heteroatoms. The Kier molecular flexibility index (Phi) is 17.1. The molecule has 0 aromatic heterocycles. The van der Waals surface area contributed by atoms with Gasteiger partial charge in [0.1, 0.15) is 12.1 Å². The van der Waals surface area contributed by atoms with Gasteiger partial charge in [-0.25, -0.2) is 10.2 Å². The number of likely N-dealkylation sites (N-methyl/N-ethyl adjacent to an activating group) is 2. The quantitative estimate of drug-likeness (QED) is 0.211. The van der Waals surface area contributed by atoms with Crippen molar-refractivity contribution in [1.29, 1.82) is 0 Å². The van der Waals surface area contributed by atoms with E-state index in [0.29, 0.717) is 18.2 Å². The number of rotatable bonds is 9. The van der Waals surface area contributed by atoms with Crippen LogP contribution in [0.3, 0.4) is 0 Å². The largest absolute Gasteiger partial charge is 0.403 e. The molecule has 40 heavy (non-hydrogen) atoms. The zero-order valence-corrected chi connectivity index (χ0v) is 24.6. The molecule has 0 unspecified atom stereocenters. The Morgan fingerprint density at radius 1 is 1.05 bits per heavy atom. The number of hydrogen-bond acceptors (Lipinski definition) is 8. The number of nitrogens with two attached hydrogens (primary N) is 2. The third-order valence-corrected chi connectivity index (χ3v) is 6.27. The first-order chi connectivity index (χ1) is 19.2. The number of nitrogens with zero attached hydrogens (tertiary/aromatic N) is 3. The minimum absolute atomic E-state index is 0.135. The zero-order chi connectivity index (χ0) is 29.9. The number of nitrogens with one attached hydrogen (secondary N) is 2. The summed E-state index contributed by atoms with van der Waals surface area (Å²) in [4.78, 5) is 25.6. The van der Waals surface area contributed by atoms with Gasteiger partial charge in [-0.15, -0.1) is 0 Å². The van der Waals surface area contributed by atoms with Crippen LogP contribution >= 0.6 is 0 Å². The van der Waals surface area contributed by atoms with Crippen molar-refractivity contribution in [3.8, 4) is 0 Å². The van der Waals surface area contributed by atoms with Crippen molar-refractivity contribution in [1.82, 2.24) is 20.4 Å². The molecule has 2 aromatic rings. The molecule has 1 saturated heterocycles. The van der Waals surface area contributed by atoms with Gasteiger partial charge in [-0.3, -0.25) is 14.6 Å². The lowest BCUT2D eigenvalue weighted by molar-refractivity contribution is -0.136. The molecule has 1 saturated carbocycles. The number of likely N-dealkylation sites (tertiary alicyclic amines) is 1. The van der Waals surface area contributed by atoms with E-state index < -0.39 is 0 Å². The highest BCUT2D eigenvalue weighted by atomic mass is 19.1. The van der Waals surface area contributed by atoms with Crippen LogP contribution in [0.15, 0.2) is 60.9 Å². The van der Waals surface area contributed by atoms with Crippen LogP contribution in [0.25, 0.3) is 0 Å². The fourth-order valence-electron chi connectivity index (χ4n) is 3.55. The van der Waals surface area contributed by atoms with E-state index in [1.165, 1.54) is 54.4 Å². The summed E-state index contributed by atoms with van der Waals surface area (Å²) in [6.07, 6.45) is 7.45. The molecule has 0 atom stereocenters. The molecule has 0 bridgehead atoms. The van der Waals surface area contributed by atoms with E-state index in [-0.39, 0.29) is 11.7 Å². The SMILES string of the molecule is CCCNC.CNCC(=O)N1CC(N(C)C)C1.Fc1ccc(C2CC2)cc1.N/C=C\N(N)c1ccc(C=O)cc1. The van der Waals surface area contributed by atoms with Crippen molar-refractivity contribution in [3.63, 3.8) is 0 Å². The van der Waals surface area contributed by atoms with Gasteiger partial charge in [-0.2, -0.15) is 0 Å². The van der Waals surface area contributed by atoms with E-state index in [1.54, 1.807) is 31.3 Å². The number of hydrazine groups is 1. The van der Waals surface area contributed by atoms with Crippen LogP contribution in [0.1, 0.15) is 48.0 Å². The number of carbonyl (C=O) groups excluding carboxylic acids is 2. The first-order valence-corrected chi connectivity index (χ1v) is 13.7. The van der Waals surface area contributed by atoms with E-state index in [9.17, 15) is 14.0 Å². The number of aldehydes is 1. The maximum absolute atomic E-state index is 12.4. The van der Waals surface area contributed by atoms with Crippen molar-refractivity contribution in [2.75, 3.05) is 59.4 Å². The second kappa shape index (κ2) is 19.7. The van der Waals surface area contributed by atoms with Gasteiger partial charge in [0.25, 0.3) is 0 Å². The van der Waals surface area contributed by atoms with Gasteiger partial charge in [0.05, 0.1) is 12.2 Å². The number of hydrogen-bond donors (Lipinski definition) is 4. The molecule has 9 nitrogen and oxygen atoms in total. The predicted molar refractivity (Wildman–Crippen MR) is 162 cm³/mol. The molecule has 2 aliphatic rings. The van der Waals surface area contributed by atoms with E-state index >= 15 is 0 Å². The minimum Gasteiger partial charge on any atom is -0.403 e. The average Bonchev–Trinajstić information content (AvgIpc) is 3.76. The molecule has 1 aliphatic heterocycles. The number of amides is 1. The van der Waals surface area contributed by atoms with E-state index in [1.807, 2.05) is 38.2 Å². The molecular formula is C30H48FN7O2. The van der Waals surface area contributed by atoms with Crippen molar-refractivity contribution in [2.45, 2.75) is 38.1 Å². The molecule has 2 fully saturated rings. The van der Waals surface area contributed by atoms with Crippen molar-refractivity contribution in [2.24, 2.45) is 11.6 Å². The fraction of sp³-hybridized carbons (Fsp3) is 0.467. The zero-order valence-electron chi connectivity index (χ0n) is 24.6. The monoisotopic (exact) mass is 557 g/mol. The Morgan fingerprint density at radius 3 is 2.05 bits per heavy atom. The topological polar surface area (TPSA) is 120 Å². The summed E-state index contributed by atoms with van der Waals surface area (Å²) in [5, 5.41) is 7.24. The lowest BCUT2D eigenvalue weighted by atomic mass is 10.1. The Labute approximate surface area is 239 Å². The minimum atomic E-state index is -0.135. The molecule has 1 aliphatic carbocycles. The second-order valence-electron chi connectivity index (χ2n) is 9.83. The number of anilines is 1. The van der Waals surface area contributed by atoms with Crippen molar-refractivity contribution >= 4 is 17.9 Å². The molecule has 2 aromatic carbocycles. The van der Waals surface area contributed by atoms with Gasteiger partial charge in [-0.05, 0) is 102 Å². The second-order valence-corrected chi connectivity index (χ2v) is 9.83. The van der Waals surface area contributed by atoms with E-state index in [0.717, 1.165) is 37.5 Å². The summed E-state index contributed by atoms with van der Waals surface area (Å²) in [6.45, 7) is 5.51. The Morgan fingerprint density at radius 2 is 1.65 bits per heavy atom. The van der Waals surface area contributed by atoms with Gasteiger partial charge in [0, 0.05) is 37.1 Å². The summed E-state index contributed by atoms with van der Waals surface area (Å²) >= 11 is 0. The molecule has 1 heterocycles. The maximum atomic E-state index is 12.4. The summed E-state index contributed by atoms with van der Waals surface area (Å²) in [5.74, 6) is 6.38. The highest BCUT2D eigenvalue weighted by Gasteiger charge is 2.31. The van der Waals surface area contributed by atoms with Crippen LogP contribution in [0.5, 0.6) is 0 Å². The Bertz CT molecular complexity index is 988. The van der Waals surface area contributed by atoms with Crippen molar-refractivity contribution in [3.05, 3.63) is 77.9 Å². The highest BCUT2D eigenvalue weighted by molar-refractivity contribution is 5.79. The van der Waals surface area contributed by atoms with Crippen LogP contribution in [0.4, 0.5) is 10.1 Å². The third kappa shape index (κ3) is 13.7. The van der Waals surface area contributed by atoms with Gasteiger partial charge >= 0.3 is 0 Å². The normalized spacial score (nSPS) is 14.2. The lowest BCUT2D eigenvalue weighted by Gasteiger charge is -2.42. The molecule has 1 amide bonds. The summed E-state index contributed by atoms with van der Waals surface area (Å²) in [7, 11) is 7.85. The summed E-state index contributed by atoms with van der Waals surface area (Å²) in [6, 6.07) is 14.2. The third-order valence-electron chi connectivity index (χ3n) is 6.27. The lowest BCUT2D eigenvalue weighted by Crippen LogP contribution is -2.60. The molecule has 0 spiro atoms. The van der Waals surface area contributed by atoms with Gasteiger partial charge < -0.3 is 26.2 Å². The molecule has 4 rings (SSSR count). The molecular weight excluding hydrogens is 509 g/mol. The van der Waals surface area contributed by atoms with Crippen LogP contribution in [-0.4, -0.2) is 82.4 Å². The number of halogens is 1. The summed E-state index contributed by atoms with van der Waals surface area (Å²) in [5.41, 5.74) is 7.85. The van der Waals surface area contributed by atoms with Crippen LogP contribution in [-0.2, 0) is 4.79 Å². The van der Waals surface area contributed by atoms with E-state index in [4.69, 9.17) is 11.6 Å². The van der Waals surface area contributed by atoms with E-state index in [2.05, 4.69) is 22.5 Å². The smallest absolute Gasteiger partial charge is 0.236 e. The van der Waals surface area contributed by atoms with Gasteiger partial charge in [-0.1, -0.05) is 19.1 Å². The molecule has 6 N–H and O–H groups in total. The van der Waals surface area contributed by atoms with Crippen molar-refractivity contribution < 1.29 is 14.0 Å². The Balaban J connectivity index is 0.000000278. The number of benzene rings is 2. The predicted octanol–water partition coefficient (Wildman–Crippen LogP) is 2.91. The first-order valence-electron chi connectivity index (χ1n) is 13.7. The van der Waals surface area contributed by atoms with Crippen LogP contribution in [0, 0.1) is 5.82 Å². The molecule has 222 valence electrons. The van der Waals surface area contributed by atoms with Crippen LogP contribution < -0.4 is 27.2 Å². The molecule has 0 radical (unpaired) electrons. The summed E-state index contributed by atoms with van der Waals surface area (Å²) < 4.78 is 12.4. The standard InChI is InChI=1S/C9H9F.C9H11N3O.C8H17N3O.C4H11N/c10-9-5-3-8(4-6-9)7-1-2-7;10-5-6-12(11)9-3-1-8(7-13)2-4-9;1-9-4-8(12)11-5-7(6-11)10(2)3;1-3-4-5-2/h3-7H,1-2H2;1-7H,10-11H2;7,9H,4-6H2,1-3H3;5H,3-4H2,1-2H3/b;6-5-;;. The van der Waals surface area contributed by atoms with Gasteiger partial charge in [0.15, 0.2) is 0 Å². The first kappa shape index (κ1) is 34.7. The average molecular weight is 558 g/mol. The van der Waals surface area contributed by atoms with Gasteiger partial charge in [0.2, 0.25) is 5.91 Å². The maximum Gasteiger partial charge on any atom is 0.236 e. The highest BCUT2D eigenvalue weighted by Crippen LogP contribution is 2.39. The number of carbonyl (C=O) groups is 2. The fourth-order valence-corrected chi connectivity index (χ4v) is 3.55. The Hall–Kier alpha value is -3.31. The van der Waals surface area contributed by atoms with Crippen LogP contribution in [0.2, 0.25) is 0 Å².